The van der Waals surface area contributed by atoms with E-state index in [1.54, 1.807) is 24.3 Å². The monoisotopic (exact) mass is 447 g/mol. The quantitative estimate of drug-likeness (QED) is 0.510. The zero-order valence-corrected chi connectivity index (χ0v) is 19.5. The summed E-state index contributed by atoms with van der Waals surface area (Å²) in [5.41, 5.74) is 5.40. The number of benzene rings is 3. The Morgan fingerprint density at radius 2 is 1.70 bits per heavy atom. The normalized spacial score (nSPS) is 12.2. The molecule has 0 atom stereocenters. The maximum absolute atomic E-state index is 13.0. The van der Waals surface area contributed by atoms with Crippen LogP contribution in [-0.2, 0) is 6.61 Å². The summed E-state index contributed by atoms with van der Waals surface area (Å²) in [7, 11) is 0. The molecule has 0 saturated heterocycles. The van der Waals surface area contributed by atoms with Crippen LogP contribution >= 0.6 is 0 Å². The van der Waals surface area contributed by atoms with Crippen molar-refractivity contribution in [2.24, 2.45) is 0 Å². The first-order chi connectivity index (χ1) is 15.9. The highest BCUT2D eigenvalue weighted by molar-refractivity contribution is 6.04. The first-order valence-electron chi connectivity index (χ1n) is 11.1. The molecule has 1 heterocycles. The molecule has 1 aliphatic heterocycles. The highest BCUT2D eigenvalue weighted by Gasteiger charge is 2.15. The van der Waals surface area contributed by atoms with Crippen LogP contribution in [-0.4, -0.2) is 25.7 Å². The van der Waals surface area contributed by atoms with Crippen LogP contribution in [0.5, 0.6) is 23.0 Å². The molecule has 0 bridgehead atoms. The Morgan fingerprint density at radius 1 is 0.909 bits per heavy atom. The Morgan fingerprint density at radius 3 is 2.48 bits per heavy atom. The maximum atomic E-state index is 13.0. The number of ether oxygens (including phenoxy) is 4. The molecule has 0 unspecified atom stereocenters. The molecule has 1 aliphatic rings. The fourth-order valence-corrected chi connectivity index (χ4v) is 3.76. The lowest BCUT2D eigenvalue weighted by atomic mass is 10.1. The predicted octanol–water partition coefficient (Wildman–Crippen LogP) is 5.61. The number of carbonyl (C=O) groups excluding carboxylic acids is 1. The molecule has 0 aromatic heterocycles. The Hall–Kier alpha value is -3.67. The number of aryl methyl sites for hydroxylation is 2. The van der Waals surface area contributed by atoms with E-state index in [1.807, 2.05) is 39.0 Å². The van der Waals surface area contributed by atoms with Crippen LogP contribution in [0.2, 0.25) is 0 Å². The second-order valence-electron chi connectivity index (χ2n) is 8.06. The van der Waals surface area contributed by atoms with Crippen molar-refractivity contribution >= 4 is 11.6 Å². The first kappa shape index (κ1) is 22.5. The van der Waals surface area contributed by atoms with Crippen molar-refractivity contribution in [2.45, 2.75) is 34.3 Å². The average molecular weight is 448 g/mol. The standard InChI is InChI=1S/C27H29NO5/c1-5-30-23-8-6-20(14-21(23)16-33-25-13-17(2)12-18(3)19(25)4)27(29)28-22-7-9-24-26(15-22)32-11-10-31-24/h6-9,12-15H,5,10-11,16H2,1-4H3,(H,28,29). The van der Waals surface area contributed by atoms with Crippen molar-refractivity contribution in [1.29, 1.82) is 0 Å². The van der Waals surface area contributed by atoms with Gasteiger partial charge in [-0.1, -0.05) is 6.07 Å². The van der Waals surface area contributed by atoms with Gasteiger partial charge in [-0.3, -0.25) is 4.79 Å². The van der Waals surface area contributed by atoms with E-state index in [0.717, 1.165) is 22.4 Å². The summed E-state index contributed by atoms with van der Waals surface area (Å²) in [5.74, 6) is 2.63. The second-order valence-corrected chi connectivity index (χ2v) is 8.06. The van der Waals surface area contributed by atoms with Gasteiger partial charge in [0.25, 0.3) is 5.91 Å². The Bertz CT molecular complexity index is 1170. The third-order valence-corrected chi connectivity index (χ3v) is 5.57. The lowest BCUT2D eigenvalue weighted by Crippen LogP contribution is -2.16. The van der Waals surface area contributed by atoms with Crippen molar-refractivity contribution in [2.75, 3.05) is 25.1 Å². The molecule has 4 rings (SSSR count). The Balaban J connectivity index is 1.53. The molecule has 0 fully saturated rings. The largest absolute Gasteiger partial charge is 0.493 e. The molecule has 1 amide bonds. The molecule has 0 aliphatic carbocycles. The van der Waals surface area contributed by atoms with Crippen molar-refractivity contribution in [3.63, 3.8) is 0 Å². The smallest absolute Gasteiger partial charge is 0.255 e. The molecule has 172 valence electrons. The Kier molecular flexibility index (Phi) is 6.73. The fourth-order valence-electron chi connectivity index (χ4n) is 3.76. The molecular weight excluding hydrogens is 418 g/mol. The highest BCUT2D eigenvalue weighted by Crippen LogP contribution is 2.33. The molecule has 3 aromatic carbocycles. The van der Waals surface area contributed by atoms with E-state index in [-0.39, 0.29) is 5.91 Å². The second kappa shape index (κ2) is 9.86. The minimum absolute atomic E-state index is 0.224. The number of hydrogen-bond donors (Lipinski definition) is 1. The van der Waals surface area contributed by atoms with Crippen LogP contribution in [0.4, 0.5) is 5.69 Å². The number of rotatable bonds is 7. The van der Waals surface area contributed by atoms with E-state index in [4.69, 9.17) is 18.9 Å². The summed E-state index contributed by atoms with van der Waals surface area (Å²) >= 11 is 0. The minimum atomic E-state index is -0.224. The van der Waals surface area contributed by atoms with Gasteiger partial charge in [0.05, 0.1) is 6.61 Å². The van der Waals surface area contributed by atoms with Gasteiger partial charge < -0.3 is 24.3 Å². The SMILES string of the molecule is CCOc1ccc(C(=O)Nc2ccc3c(c2)OCCO3)cc1COc1cc(C)cc(C)c1C. The number of carbonyl (C=O) groups is 1. The van der Waals surface area contributed by atoms with E-state index in [1.165, 1.54) is 5.56 Å². The zero-order chi connectivity index (χ0) is 23.4. The lowest BCUT2D eigenvalue weighted by molar-refractivity contribution is 0.102. The van der Waals surface area contributed by atoms with Gasteiger partial charge in [0.2, 0.25) is 0 Å². The number of nitrogens with one attached hydrogen (secondary N) is 1. The van der Waals surface area contributed by atoms with E-state index < -0.39 is 0 Å². The van der Waals surface area contributed by atoms with Crippen LogP contribution < -0.4 is 24.3 Å². The molecule has 0 radical (unpaired) electrons. The van der Waals surface area contributed by atoms with Crippen molar-refractivity contribution < 1.29 is 23.7 Å². The van der Waals surface area contributed by atoms with Crippen LogP contribution in [0.25, 0.3) is 0 Å². The fraction of sp³-hybridized carbons (Fsp3) is 0.296. The lowest BCUT2D eigenvalue weighted by Gasteiger charge is -2.19. The molecule has 6 nitrogen and oxygen atoms in total. The molecule has 33 heavy (non-hydrogen) atoms. The summed E-state index contributed by atoms with van der Waals surface area (Å²) < 4.78 is 23.1. The van der Waals surface area contributed by atoms with Gasteiger partial charge in [0.1, 0.15) is 31.3 Å². The Labute approximate surface area is 194 Å². The van der Waals surface area contributed by atoms with Crippen LogP contribution in [0.1, 0.15) is 39.5 Å². The molecule has 1 N–H and O–H groups in total. The number of amides is 1. The van der Waals surface area contributed by atoms with E-state index >= 15 is 0 Å². The van der Waals surface area contributed by atoms with Gasteiger partial charge in [0, 0.05) is 22.9 Å². The van der Waals surface area contributed by atoms with Crippen molar-refractivity contribution in [1.82, 2.24) is 0 Å². The van der Waals surface area contributed by atoms with Gasteiger partial charge in [-0.15, -0.1) is 0 Å². The van der Waals surface area contributed by atoms with E-state index in [2.05, 4.69) is 18.3 Å². The number of fused-ring (bicyclic) bond motifs is 1. The van der Waals surface area contributed by atoms with E-state index in [9.17, 15) is 4.79 Å². The molecular formula is C27H29NO5. The molecule has 0 saturated carbocycles. The summed E-state index contributed by atoms with van der Waals surface area (Å²) in [6, 6.07) is 14.9. The number of anilines is 1. The van der Waals surface area contributed by atoms with Gasteiger partial charge in [-0.2, -0.15) is 0 Å². The van der Waals surface area contributed by atoms with Crippen molar-refractivity contribution in [3.8, 4) is 23.0 Å². The maximum Gasteiger partial charge on any atom is 0.255 e. The topological polar surface area (TPSA) is 66.0 Å². The molecule has 0 spiro atoms. The van der Waals surface area contributed by atoms with Gasteiger partial charge >= 0.3 is 0 Å². The van der Waals surface area contributed by atoms with Gasteiger partial charge in [-0.05, 0) is 80.8 Å². The summed E-state index contributed by atoms with van der Waals surface area (Å²) in [5, 5.41) is 2.93. The van der Waals surface area contributed by atoms with Crippen LogP contribution in [0, 0.1) is 20.8 Å². The third-order valence-electron chi connectivity index (χ3n) is 5.57. The third kappa shape index (κ3) is 5.22. The zero-order valence-electron chi connectivity index (χ0n) is 19.5. The number of hydrogen-bond acceptors (Lipinski definition) is 5. The van der Waals surface area contributed by atoms with Crippen LogP contribution in [0.15, 0.2) is 48.5 Å². The highest BCUT2D eigenvalue weighted by atomic mass is 16.6. The minimum Gasteiger partial charge on any atom is -0.493 e. The predicted molar refractivity (Wildman–Crippen MR) is 128 cm³/mol. The van der Waals surface area contributed by atoms with Crippen molar-refractivity contribution in [3.05, 3.63) is 76.3 Å². The summed E-state index contributed by atoms with van der Waals surface area (Å²) in [6.45, 7) is 9.94. The van der Waals surface area contributed by atoms with E-state index in [0.29, 0.717) is 54.9 Å². The van der Waals surface area contributed by atoms with Crippen LogP contribution in [0.3, 0.4) is 0 Å². The van der Waals surface area contributed by atoms with Gasteiger partial charge in [0.15, 0.2) is 11.5 Å². The summed E-state index contributed by atoms with van der Waals surface area (Å²) in [4.78, 5) is 13.0. The first-order valence-corrected chi connectivity index (χ1v) is 11.1. The van der Waals surface area contributed by atoms with Gasteiger partial charge in [-0.25, -0.2) is 0 Å². The molecule has 3 aromatic rings. The average Bonchev–Trinajstić information content (AvgIpc) is 2.81. The molecule has 6 heteroatoms. The summed E-state index contributed by atoms with van der Waals surface area (Å²) in [6.07, 6.45) is 0.